The van der Waals surface area contributed by atoms with Gasteiger partial charge in [0.1, 0.15) is 11.4 Å². The second kappa shape index (κ2) is 8.32. The van der Waals surface area contributed by atoms with Crippen LogP contribution in [0.4, 0.5) is 9.18 Å². The Balaban J connectivity index is 2.81. The molecule has 0 aliphatic heterocycles. The molecule has 1 rings (SSSR count). The van der Waals surface area contributed by atoms with E-state index in [0.717, 1.165) is 0 Å². The van der Waals surface area contributed by atoms with Gasteiger partial charge < -0.3 is 15.4 Å². The number of carbonyl (C=O) groups excluding carboxylic acids is 2. The Hall–Kier alpha value is -2.11. The van der Waals surface area contributed by atoms with Gasteiger partial charge in [0.2, 0.25) is 0 Å². The maximum absolute atomic E-state index is 13.4. The summed E-state index contributed by atoms with van der Waals surface area (Å²) in [5.74, 6) is -0.641. The normalized spacial score (nSPS) is 11.8. The van der Waals surface area contributed by atoms with E-state index in [2.05, 4.69) is 10.6 Å². The third-order valence-electron chi connectivity index (χ3n) is 4.12. The zero-order valence-electron chi connectivity index (χ0n) is 16.0. The zero-order valence-corrected chi connectivity index (χ0v) is 16.0. The van der Waals surface area contributed by atoms with E-state index in [1.807, 2.05) is 13.8 Å². The third kappa shape index (κ3) is 6.36. The van der Waals surface area contributed by atoms with E-state index in [-0.39, 0.29) is 18.3 Å². The van der Waals surface area contributed by atoms with Crippen LogP contribution in [-0.2, 0) is 4.74 Å². The van der Waals surface area contributed by atoms with Crippen LogP contribution in [-0.4, -0.2) is 29.7 Å². The topological polar surface area (TPSA) is 67.4 Å². The lowest BCUT2D eigenvalue weighted by Gasteiger charge is -2.33. The highest BCUT2D eigenvalue weighted by molar-refractivity contribution is 5.95. The van der Waals surface area contributed by atoms with Gasteiger partial charge in [-0.15, -0.1) is 0 Å². The standard InChI is InChI=1S/C19H29FN2O3/c1-7-19(8-2,12-21-17(24)25-18(4,5)6)22-16(23)14-9-10-15(20)13(3)11-14/h9-11H,7-8,12H2,1-6H3,(H,21,24)(H,22,23). The third-order valence-corrected chi connectivity index (χ3v) is 4.12. The molecule has 0 aliphatic carbocycles. The Morgan fingerprint density at radius 2 is 1.76 bits per heavy atom. The molecule has 0 saturated heterocycles. The van der Waals surface area contributed by atoms with Crippen molar-refractivity contribution < 1.29 is 18.7 Å². The SMILES string of the molecule is CCC(CC)(CNC(=O)OC(C)(C)C)NC(=O)c1ccc(F)c(C)c1. The molecular weight excluding hydrogens is 323 g/mol. The van der Waals surface area contributed by atoms with Crippen LogP contribution in [0, 0.1) is 12.7 Å². The van der Waals surface area contributed by atoms with Gasteiger partial charge in [-0.25, -0.2) is 9.18 Å². The molecule has 6 heteroatoms. The first kappa shape index (κ1) is 20.9. The van der Waals surface area contributed by atoms with Gasteiger partial charge in [-0.05, 0) is 64.3 Å². The average molecular weight is 352 g/mol. The van der Waals surface area contributed by atoms with E-state index in [0.29, 0.717) is 24.0 Å². The predicted octanol–water partition coefficient (Wildman–Crippen LogP) is 3.95. The van der Waals surface area contributed by atoms with Crippen molar-refractivity contribution in [2.75, 3.05) is 6.54 Å². The number of benzene rings is 1. The van der Waals surface area contributed by atoms with Crippen LogP contribution in [0.25, 0.3) is 0 Å². The van der Waals surface area contributed by atoms with Gasteiger partial charge in [0.25, 0.3) is 5.91 Å². The second-order valence-electron chi connectivity index (χ2n) is 7.26. The minimum atomic E-state index is -0.601. The smallest absolute Gasteiger partial charge is 0.407 e. The summed E-state index contributed by atoms with van der Waals surface area (Å²) in [6.45, 7) is 11.1. The Morgan fingerprint density at radius 3 is 2.24 bits per heavy atom. The highest BCUT2D eigenvalue weighted by Crippen LogP contribution is 2.17. The van der Waals surface area contributed by atoms with Crippen molar-refractivity contribution in [3.8, 4) is 0 Å². The van der Waals surface area contributed by atoms with E-state index in [9.17, 15) is 14.0 Å². The molecule has 0 aliphatic rings. The van der Waals surface area contributed by atoms with Crippen molar-refractivity contribution in [3.05, 3.63) is 35.1 Å². The molecule has 0 saturated carbocycles. The molecule has 0 spiro atoms. The molecule has 25 heavy (non-hydrogen) atoms. The van der Waals surface area contributed by atoms with Crippen molar-refractivity contribution in [1.29, 1.82) is 0 Å². The van der Waals surface area contributed by atoms with Gasteiger partial charge in [-0.2, -0.15) is 0 Å². The lowest BCUT2D eigenvalue weighted by atomic mass is 9.92. The molecule has 0 atom stereocenters. The van der Waals surface area contributed by atoms with E-state index < -0.39 is 17.2 Å². The fourth-order valence-corrected chi connectivity index (χ4v) is 2.38. The van der Waals surface area contributed by atoms with Crippen molar-refractivity contribution >= 4 is 12.0 Å². The lowest BCUT2D eigenvalue weighted by molar-refractivity contribution is 0.0502. The molecule has 0 aromatic heterocycles. The van der Waals surface area contributed by atoms with E-state index in [4.69, 9.17) is 4.74 Å². The number of ether oxygens (including phenoxy) is 1. The number of hydrogen-bond donors (Lipinski definition) is 2. The van der Waals surface area contributed by atoms with Gasteiger partial charge in [-0.3, -0.25) is 4.79 Å². The quantitative estimate of drug-likeness (QED) is 0.815. The highest BCUT2D eigenvalue weighted by Gasteiger charge is 2.30. The number of halogens is 1. The molecule has 0 heterocycles. The molecule has 140 valence electrons. The van der Waals surface area contributed by atoms with Crippen molar-refractivity contribution in [2.24, 2.45) is 0 Å². The number of alkyl carbamates (subject to hydrolysis) is 1. The monoisotopic (exact) mass is 352 g/mol. The summed E-state index contributed by atoms with van der Waals surface area (Å²) in [4.78, 5) is 24.4. The van der Waals surface area contributed by atoms with Crippen molar-refractivity contribution in [2.45, 2.75) is 65.5 Å². The first-order valence-electron chi connectivity index (χ1n) is 8.57. The fourth-order valence-electron chi connectivity index (χ4n) is 2.38. The molecule has 0 unspecified atom stereocenters. The summed E-state index contributed by atoms with van der Waals surface area (Å²) >= 11 is 0. The number of aryl methyl sites for hydroxylation is 1. The fraction of sp³-hybridized carbons (Fsp3) is 0.579. The molecule has 2 amide bonds. The molecule has 1 aromatic rings. The van der Waals surface area contributed by atoms with Gasteiger partial charge in [0.05, 0.1) is 5.54 Å². The van der Waals surface area contributed by atoms with E-state index in [1.165, 1.54) is 18.2 Å². The Bertz CT molecular complexity index is 620. The van der Waals surface area contributed by atoms with E-state index >= 15 is 0 Å². The summed E-state index contributed by atoms with van der Waals surface area (Å²) < 4.78 is 18.6. The van der Waals surface area contributed by atoms with Crippen LogP contribution in [0.15, 0.2) is 18.2 Å². The Morgan fingerprint density at radius 1 is 1.16 bits per heavy atom. The number of carbonyl (C=O) groups is 2. The molecular formula is C19H29FN2O3. The van der Waals surface area contributed by atoms with Gasteiger partial charge in [0.15, 0.2) is 0 Å². The van der Waals surface area contributed by atoms with Gasteiger partial charge in [0, 0.05) is 12.1 Å². The molecule has 1 aromatic carbocycles. The predicted molar refractivity (Wildman–Crippen MR) is 96.2 cm³/mol. The number of nitrogens with one attached hydrogen (secondary N) is 2. The molecule has 5 nitrogen and oxygen atoms in total. The molecule has 0 bridgehead atoms. The summed E-state index contributed by atoms with van der Waals surface area (Å²) in [6.07, 6.45) is 0.738. The van der Waals surface area contributed by atoms with Crippen molar-refractivity contribution in [1.82, 2.24) is 10.6 Å². The first-order valence-corrected chi connectivity index (χ1v) is 8.57. The number of amides is 2. The van der Waals surface area contributed by atoms with Crippen LogP contribution in [0.5, 0.6) is 0 Å². The van der Waals surface area contributed by atoms with Crippen LogP contribution >= 0.6 is 0 Å². The van der Waals surface area contributed by atoms with Crippen LogP contribution < -0.4 is 10.6 Å². The number of rotatable bonds is 6. The van der Waals surface area contributed by atoms with Crippen molar-refractivity contribution in [3.63, 3.8) is 0 Å². The average Bonchev–Trinajstić information content (AvgIpc) is 2.52. The largest absolute Gasteiger partial charge is 0.444 e. The first-order chi connectivity index (χ1) is 11.5. The minimum absolute atomic E-state index is 0.251. The van der Waals surface area contributed by atoms with Gasteiger partial charge in [-0.1, -0.05) is 13.8 Å². The van der Waals surface area contributed by atoms with Crippen LogP contribution in [0.1, 0.15) is 63.4 Å². The Kier molecular flexibility index (Phi) is 6.96. The maximum atomic E-state index is 13.4. The molecule has 0 fully saturated rings. The molecule has 0 radical (unpaired) electrons. The summed E-state index contributed by atoms with van der Waals surface area (Å²) in [7, 11) is 0. The number of hydrogen-bond acceptors (Lipinski definition) is 3. The summed E-state index contributed by atoms with van der Waals surface area (Å²) in [6, 6.07) is 4.25. The molecule has 2 N–H and O–H groups in total. The minimum Gasteiger partial charge on any atom is -0.444 e. The summed E-state index contributed by atoms with van der Waals surface area (Å²) in [5, 5.41) is 5.70. The lowest BCUT2D eigenvalue weighted by Crippen LogP contribution is -2.55. The second-order valence-corrected chi connectivity index (χ2v) is 7.26. The van der Waals surface area contributed by atoms with Crippen LogP contribution in [0.2, 0.25) is 0 Å². The zero-order chi connectivity index (χ0) is 19.3. The summed E-state index contributed by atoms with van der Waals surface area (Å²) in [5.41, 5.74) is -0.378. The maximum Gasteiger partial charge on any atom is 0.407 e. The van der Waals surface area contributed by atoms with E-state index in [1.54, 1.807) is 27.7 Å². The van der Waals surface area contributed by atoms with Crippen LogP contribution in [0.3, 0.4) is 0 Å². The Labute approximate surface area is 149 Å². The van der Waals surface area contributed by atoms with Gasteiger partial charge >= 0.3 is 6.09 Å². The highest BCUT2D eigenvalue weighted by atomic mass is 19.1.